The van der Waals surface area contributed by atoms with Gasteiger partial charge in [-0.15, -0.1) is 0 Å². The second-order valence-electron chi connectivity index (χ2n) is 10.7. The van der Waals surface area contributed by atoms with E-state index in [4.69, 9.17) is 20.9 Å². The smallest absolute Gasteiger partial charge is 0.252 e. The molecule has 37 heavy (non-hydrogen) atoms. The lowest BCUT2D eigenvalue weighted by Gasteiger charge is -2.48. The maximum atomic E-state index is 13.4. The Balaban J connectivity index is 1.72. The molecule has 3 aromatic carbocycles. The van der Waals surface area contributed by atoms with Crippen molar-refractivity contribution in [2.45, 2.75) is 44.0 Å². The van der Waals surface area contributed by atoms with E-state index in [1.165, 1.54) is 0 Å². The standard InChI is InChI=1S/C28H28N6O3/c1-28-26(36-3)17(31-2)10-20(37-28)33-18-6-4-12(29)8-14(18)22-23-16(11-32-27(23)35)21-15-9-13(30)5-7-19(15)34(28)25(21)24(22)33/h4-9,17,20,26,31H,10-11,29-30H2,1-3H3,(H,32,35)/t17-,20?,26-,28+/m1/s1. The van der Waals surface area contributed by atoms with Crippen LogP contribution in [0.3, 0.4) is 0 Å². The summed E-state index contributed by atoms with van der Waals surface area (Å²) in [5, 5.41) is 10.5. The van der Waals surface area contributed by atoms with Crippen LogP contribution in [0.4, 0.5) is 11.4 Å². The largest absolute Gasteiger partial charge is 0.399 e. The molecule has 0 radical (unpaired) electrons. The van der Waals surface area contributed by atoms with E-state index in [0.29, 0.717) is 29.9 Å². The van der Waals surface area contributed by atoms with Gasteiger partial charge in [0.05, 0.1) is 27.6 Å². The number of likely N-dealkylation sites (N-methyl/N-ethyl adjacent to an activating group) is 1. The fourth-order valence-electron chi connectivity index (χ4n) is 7.47. The van der Waals surface area contributed by atoms with Gasteiger partial charge in [0, 0.05) is 59.0 Å². The normalized spacial score (nSPS) is 26.5. The predicted molar refractivity (Wildman–Crippen MR) is 144 cm³/mol. The lowest BCUT2D eigenvalue weighted by molar-refractivity contribution is -0.256. The summed E-state index contributed by atoms with van der Waals surface area (Å²) >= 11 is 0. The summed E-state index contributed by atoms with van der Waals surface area (Å²) < 4.78 is 17.8. The predicted octanol–water partition coefficient (Wildman–Crippen LogP) is 3.52. The first kappa shape index (κ1) is 21.3. The summed E-state index contributed by atoms with van der Waals surface area (Å²) in [6.07, 6.45) is 0.153. The van der Waals surface area contributed by atoms with Gasteiger partial charge in [0.2, 0.25) is 0 Å². The summed E-state index contributed by atoms with van der Waals surface area (Å²) in [6, 6.07) is 12.0. The number of ether oxygens (including phenoxy) is 2. The maximum absolute atomic E-state index is 13.4. The van der Waals surface area contributed by atoms with Gasteiger partial charge in [-0.3, -0.25) is 4.79 Å². The molecule has 2 bridgehead atoms. The van der Waals surface area contributed by atoms with Crippen LogP contribution in [0.15, 0.2) is 36.4 Å². The number of anilines is 2. The Bertz CT molecular complexity index is 1850. The zero-order valence-corrected chi connectivity index (χ0v) is 20.9. The van der Waals surface area contributed by atoms with Gasteiger partial charge < -0.3 is 40.7 Å². The van der Waals surface area contributed by atoms with E-state index in [2.05, 4.69) is 32.8 Å². The Morgan fingerprint density at radius 1 is 1.08 bits per heavy atom. The van der Waals surface area contributed by atoms with Crippen LogP contribution in [0.25, 0.3) is 43.6 Å². The number of nitrogen functional groups attached to an aromatic ring is 2. The number of amides is 1. The van der Waals surface area contributed by atoms with Crippen LogP contribution in [0, 0.1) is 0 Å². The van der Waals surface area contributed by atoms with Crippen LogP contribution in [-0.4, -0.2) is 41.3 Å². The minimum atomic E-state index is -0.835. The summed E-state index contributed by atoms with van der Waals surface area (Å²) in [7, 11) is 3.71. The van der Waals surface area contributed by atoms with Crippen molar-refractivity contribution in [3.63, 3.8) is 0 Å². The molecule has 6 N–H and O–H groups in total. The van der Waals surface area contributed by atoms with Crippen LogP contribution in [0.5, 0.6) is 0 Å². The summed E-state index contributed by atoms with van der Waals surface area (Å²) in [5.41, 5.74) is 18.8. The minimum Gasteiger partial charge on any atom is -0.399 e. The van der Waals surface area contributed by atoms with E-state index >= 15 is 0 Å². The monoisotopic (exact) mass is 496 g/mol. The first-order valence-corrected chi connectivity index (χ1v) is 12.7. The average Bonchev–Trinajstić information content (AvgIpc) is 3.50. The van der Waals surface area contributed by atoms with Gasteiger partial charge in [0.15, 0.2) is 5.72 Å². The Kier molecular flexibility index (Phi) is 3.88. The van der Waals surface area contributed by atoms with Crippen molar-refractivity contribution >= 4 is 60.9 Å². The van der Waals surface area contributed by atoms with Gasteiger partial charge in [-0.2, -0.15) is 0 Å². The molecular weight excluding hydrogens is 468 g/mol. The van der Waals surface area contributed by atoms with Gasteiger partial charge in [0.1, 0.15) is 12.3 Å². The maximum Gasteiger partial charge on any atom is 0.252 e. The molecule has 1 unspecified atom stereocenters. The van der Waals surface area contributed by atoms with Crippen molar-refractivity contribution in [2.24, 2.45) is 0 Å². The molecule has 8 rings (SSSR count). The molecule has 4 atom stereocenters. The lowest BCUT2D eigenvalue weighted by Crippen LogP contribution is -2.59. The third-order valence-corrected chi connectivity index (χ3v) is 8.83. The molecule has 2 aromatic heterocycles. The number of fused-ring (bicyclic) bond motifs is 13. The lowest BCUT2D eigenvalue weighted by atomic mass is 9.93. The van der Waals surface area contributed by atoms with Crippen molar-refractivity contribution in [2.75, 3.05) is 25.6 Å². The molecule has 0 saturated carbocycles. The number of nitrogens with two attached hydrogens (primary N) is 2. The second-order valence-corrected chi connectivity index (χ2v) is 10.7. The highest BCUT2D eigenvalue weighted by Crippen LogP contribution is 2.54. The van der Waals surface area contributed by atoms with Gasteiger partial charge >= 0.3 is 0 Å². The second kappa shape index (κ2) is 6.74. The third-order valence-electron chi connectivity index (χ3n) is 8.83. The molecule has 0 spiro atoms. The molecule has 9 nitrogen and oxygen atoms in total. The van der Waals surface area contributed by atoms with Crippen molar-refractivity contribution in [3.8, 4) is 0 Å². The SMILES string of the molecule is CN[C@@H]1CC2O[C@@](C)([C@@H]1OC)n1c3ccc(N)cc3c3c4c(c5c6cc(N)ccc6n2c5c31)C(=O)NC4. The molecule has 5 aromatic rings. The molecule has 1 amide bonds. The Morgan fingerprint density at radius 2 is 1.78 bits per heavy atom. The number of carbonyl (C=O) groups excluding carboxylic acids is 1. The van der Waals surface area contributed by atoms with E-state index in [-0.39, 0.29) is 24.3 Å². The Hall–Kier alpha value is -3.79. The van der Waals surface area contributed by atoms with Crippen LogP contribution >= 0.6 is 0 Å². The van der Waals surface area contributed by atoms with E-state index in [1.54, 1.807) is 7.11 Å². The topological polar surface area (TPSA) is 121 Å². The fourth-order valence-corrected chi connectivity index (χ4v) is 7.47. The molecule has 5 heterocycles. The zero-order chi connectivity index (χ0) is 25.4. The molecule has 9 heteroatoms. The number of hydrogen-bond donors (Lipinski definition) is 4. The molecular formula is C28H28N6O3. The first-order valence-electron chi connectivity index (χ1n) is 12.7. The summed E-state index contributed by atoms with van der Waals surface area (Å²) in [4.78, 5) is 13.4. The quantitative estimate of drug-likeness (QED) is 0.278. The van der Waals surface area contributed by atoms with E-state index in [1.807, 2.05) is 37.4 Å². The van der Waals surface area contributed by atoms with Gasteiger partial charge in [-0.05, 0) is 55.9 Å². The Morgan fingerprint density at radius 3 is 2.49 bits per heavy atom. The van der Waals surface area contributed by atoms with Crippen LogP contribution in [0.1, 0.15) is 35.5 Å². The number of aromatic nitrogens is 2. The minimum absolute atomic E-state index is 0.0285. The molecule has 1 fully saturated rings. The molecule has 188 valence electrons. The van der Waals surface area contributed by atoms with Crippen molar-refractivity contribution in [3.05, 3.63) is 47.5 Å². The third kappa shape index (κ3) is 2.33. The van der Waals surface area contributed by atoms with Gasteiger partial charge in [-0.25, -0.2) is 0 Å². The number of methoxy groups -OCH3 is 1. The van der Waals surface area contributed by atoms with E-state index < -0.39 is 5.72 Å². The van der Waals surface area contributed by atoms with Crippen molar-refractivity contribution in [1.82, 2.24) is 19.8 Å². The highest BCUT2D eigenvalue weighted by atomic mass is 16.6. The summed E-state index contributed by atoms with van der Waals surface area (Å²) in [5.74, 6) is -0.0644. The highest BCUT2D eigenvalue weighted by Gasteiger charge is 2.53. The van der Waals surface area contributed by atoms with Gasteiger partial charge in [-0.1, -0.05) is 0 Å². The summed E-state index contributed by atoms with van der Waals surface area (Å²) in [6.45, 7) is 2.57. The number of carbonyl (C=O) groups is 1. The molecule has 1 saturated heterocycles. The molecule has 3 aliphatic heterocycles. The van der Waals surface area contributed by atoms with Crippen LogP contribution in [-0.2, 0) is 21.7 Å². The van der Waals surface area contributed by atoms with E-state index in [9.17, 15) is 4.79 Å². The molecule has 3 aliphatic rings. The number of nitrogens with zero attached hydrogens (tertiary/aromatic N) is 2. The highest BCUT2D eigenvalue weighted by molar-refractivity contribution is 6.31. The zero-order valence-electron chi connectivity index (χ0n) is 20.9. The van der Waals surface area contributed by atoms with E-state index in [0.717, 1.165) is 49.2 Å². The van der Waals surface area contributed by atoms with Crippen molar-refractivity contribution < 1.29 is 14.3 Å². The number of hydrogen-bond acceptors (Lipinski definition) is 6. The van der Waals surface area contributed by atoms with Gasteiger partial charge in [0.25, 0.3) is 5.91 Å². The number of benzene rings is 3. The average molecular weight is 497 g/mol. The Labute approximate surface area is 212 Å². The molecule has 0 aliphatic carbocycles. The first-order chi connectivity index (χ1) is 17.9. The number of nitrogens with one attached hydrogen (secondary N) is 2. The fraction of sp³-hybridized carbons (Fsp3) is 0.321. The van der Waals surface area contributed by atoms with Crippen LogP contribution in [0.2, 0.25) is 0 Å². The van der Waals surface area contributed by atoms with Crippen molar-refractivity contribution in [1.29, 1.82) is 0 Å². The van der Waals surface area contributed by atoms with Crippen LogP contribution < -0.4 is 22.1 Å². The number of rotatable bonds is 2.